The van der Waals surface area contributed by atoms with Gasteiger partial charge in [-0.3, -0.25) is 9.58 Å². The van der Waals surface area contributed by atoms with Crippen molar-refractivity contribution in [3.05, 3.63) is 53.1 Å². The molecule has 0 aliphatic carbocycles. The fourth-order valence-electron chi connectivity index (χ4n) is 2.17. The number of benzene rings is 1. The molecule has 21 heavy (non-hydrogen) atoms. The third kappa shape index (κ3) is 3.89. The first-order valence-corrected chi connectivity index (χ1v) is 6.89. The van der Waals surface area contributed by atoms with Crippen LogP contribution in [0.4, 0.5) is 4.39 Å². The van der Waals surface area contributed by atoms with Crippen LogP contribution >= 0.6 is 0 Å². The van der Waals surface area contributed by atoms with Crippen molar-refractivity contribution in [3.63, 3.8) is 0 Å². The molecule has 0 aliphatic rings. The topological polar surface area (TPSA) is 44.9 Å². The molecule has 0 unspecified atom stereocenters. The van der Waals surface area contributed by atoms with Crippen molar-refractivity contribution in [2.24, 2.45) is 7.05 Å². The van der Waals surface area contributed by atoms with E-state index in [-0.39, 0.29) is 11.9 Å². The van der Waals surface area contributed by atoms with E-state index in [0.29, 0.717) is 24.2 Å². The standard InChI is InChI=1S/C16H19FN4/c1-12(2)21(10-14-8-19-20(3)9-14)11-15-5-4-13(7-18)6-16(15)17/h4-6,8-9,12H,10-11H2,1-3H3. The molecule has 0 aliphatic heterocycles. The van der Waals surface area contributed by atoms with Crippen molar-refractivity contribution < 1.29 is 4.39 Å². The Balaban J connectivity index is 2.15. The zero-order valence-electron chi connectivity index (χ0n) is 12.5. The van der Waals surface area contributed by atoms with E-state index in [9.17, 15) is 4.39 Å². The van der Waals surface area contributed by atoms with Crippen LogP contribution in [0.5, 0.6) is 0 Å². The summed E-state index contributed by atoms with van der Waals surface area (Å²) in [4.78, 5) is 2.17. The van der Waals surface area contributed by atoms with Gasteiger partial charge < -0.3 is 0 Å². The van der Waals surface area contributed by atoms with Gasteiger partial charge in [0.1, 0.15) is 5.82 Å². The second-order valence-corrected chi connectivity index (χ2v) is 5.44. The quantitative estimate of drug-likeness (QED) is 0.849. The van der Waals surface area contributed by atoms with E-state index in [1.807, 2.05) is 25.5 Å². The van der Waals surface area contributed by atoms with Crippen LogP contribution in [0.1, 0.15) is 30.5 Å². The molecule has 2 rings (SSSR count). The van der Waals surface area contributed by atoms with Crippen molar-refractivity contribution in [2.45, 2.75) is 33.0 Å². The van der Waals surface area contributed by atoms with Crippen LogP contribution in [0, 0.1) is 17.1 Å². The summed E-state index contributed by atoms with van der Waals surface area (Å²) in [6, 6.07) is 6.86. The summed E-state index contributed by atoms with van der Waals surface area (Å²) in [7, 11) is 1.88. The Kier molecular flexibility index (Phi) is 4.71. The Morgan fingerprint density at radius 2 is 2.14 bits per heavy atom. The molecular formula is C16H19FN4. The molecule has 0 radical (unpaired) electrons. The minimum absolute atomic E-state index is 0.278. The van der Waals surface area contributed by atoms with Gasteiger partial charge in [-0.1, -0.05) is 6.07 Å². The minimum atomic E-state index is -0.328. The number of hydrogen-bond acceptors (Lipinski definition) is 3. The SMILES string of the molecule is CC(C)N(Cc1cnn(C)c1)Cc1ccc(C#N)cc1F. The van der Waals surface area contributed by atoms with Crippen LogP contribution in [0.2, 0.25) is 0 Å². The van der Waals surface area contributed by atoms with E-state index in [0.717, 1.165) is 5.56 Å². The third-order valence-electron chi connectivity index (χ3n) is 3.43. The van der Waals surface area contributed by atoms with Gasteiger partial charge in [0, 0.05) is 43.5 Å². The maximum absolute atomic E-state index is 14.0. The summed E-state index contributed by atoms with van der Waals surface area (Å²) in [5, 5.41) is 12.9. The first kappa shape index (κ1) is 15.2. The maximum Gasteiger partial charge on any atom is 0.129 e. The summed E-state index contributed by atoms with van der Waals surface area (Å²) in [6.45, 7) is 5.38. The van der Waals surface area contributed by atoms with Gasteiger partial charge in [0.2, 0.25) is 0 Å². The molecule has 0 atom stereocenters. The smallest absolute Gasteiger partial charge is 0.129 e. The zero-order chi connectivity index (χ0) is 15.4. The number of rotatable bonds is 5. The first-order valence-electron chi connectivity index (χ1n) is 6.89. The number of aryl methyl sites for hydroxylation is 1. The number of nitriles is 1. The van der Waals surface area contributed by atoms with E-state index in [1.165, 1.54) is 6.07 Å². The van der Waals surface area contributed by atoms with Gasteiger partial charge in [0.25, 0.3) is 0 Å². The highest BCUT2D eigenvalue weighted by Crippen LogP contribution is 2.16. The Bertz CT molecular complexity index is 655. The third-order valence-corrected chi connectivity index (χ3v) is 3.43. The molecule has 110 valence electrons. The molecule has 0 bridgehead atoms. The van der Waals surface area contributed by atoms with Gasteiger partial charge in [-0.25, -0.2) is 4.39 Å². The van der Waals surface area contributed by atoms with E-state index >= 15 is 0 Å². The fourth-order valence-corrected chi connectivity index (χ4v) is 2.17. The Morgan fingerprint density at radius 3 is 2.67 bits per heavy atom. The van der Waals surface area contributed by atoms with Gasteiger partial charge in [-0.05, 0) is 26.0 Å². The molecular weight excluding hydrogens is 267 g/mol. The fraction of sp³-hybridized carbons (Fsp3) is 0.375. The predicted molar refractivity (Wildman–Crippen MR) is 78.7 cm³/mol. The molecule has 4 nitrogen and oxygen atoms in total. The average molecular weight is 286 g/mol. The number of nitrogens with zero attached hydrogens (tertiary/aromatic N) is 4. The molecule has 0 spiro atoms. The number of hydrogen-bond donors (Lipinski definition) is 0. The van der Waals surface area contributed by atoms with Crippen molar-refractivity contribution in [1.29, 1.82) is 5.26 Å². The van der Waals surface area contributed by atoms with Gasteiger partial charge in [0.15, 0.2) is 0 Å². The first-order chi connectivity index (χ1) is 9.99. The summed E-state index contributed by atoms with van der Waals surface area (Å²) in [5.74, 6) is -0.328. The highest BCUT2D eigenvalue weighted by Gasteiger charge is 2.14. The Morgan fingerprint density at radius 1 is 1.38 bits per heavy atom. The molecule has 1 aromatic carbocycles. The van der Waals surface area contributed by atoms with E-state index in [1.54, 1.807) is 16.8 Å². The van der Waals surface area contributed by atoms with Crippen molar-refractivity contribution in [1.82, 2.24) is 14.7 Å². The summed E-state index contributed by atoms with van der Waals surface area (Å²) in [6.07, 6.45) is 3.79. The van der Waals surface area contributed by atoms with Crippen molar-refractivity contribution in [3.8, 4) is 6.07 Å². The van der Waals surface area contributed by atoms with Crippen LogP contribution < -0.4 is 0 Å². The van der Waals surface area contributed by atoms with Crippen LogP contribution in [0.15, 0.2) is 30.6 Å². The Hall–Kier alpha value is -2.19. The number of aromatic nitrogens is 2. The average Bonchev–Trinajstić information content (AvgIpc) is 2.85. The molecule has 1 aromatic heterocycles. The lowest BCUT2D eigenvalue weighted by Crippen LogP contribution is -2.30. The van der Waals surface area contributed by atoms with Gasteiger partial charge in [-0.2, -0.15) is 10.4 Å². The molecule has 0 fully saturated rings. The minimum Gasteiger partial charge on any atom is -0.292 e. The van der Waals surface area contributed by atoms with Crippen LogP contribution in [0.25, 0.3) is 0 Å². The monoisotopic (exact) mass is 286 g/mol. The van der Waals surface area contributed by atoms with Crippen LogP contribution in [-0.4, -0.2) is 20.7 Å². The lowest BCUT2D eigenvalue weighted by atomic mass is 10.1. The predicted octanol–water partition coefficient (Wildman–Crippen LogP) is 2.84. The van der Waals surface area contributed by atoms with E-state index < -0.39 is 0 Å². The lowest BCUT2D eigenvalue weighted by molar-refractivity contribution is 0.201. The second kappa shape index (κ2) is 6.51. The van der Waals surface area contributed by atoms with Crippen LogP contribution in [0.3, 0.4) is 0 Å². The maximum atomic E-state index is 14.0. The molecule has 1 heterocycles. The number of halogens is 1. The largest absolute Gasteiger partial charge is 0.292 e. The van der Waals surface area contributed by atoms with Crippen molar-refractivity contribution in [2.75, 3.05) is 0 Å². The Labute approximate surface area is 124 Å². The van der Waals surface area contributed by atoms with E-state index in [4.69, 9.17) is 5.26 Å². The van der Waals surface area contributed by atoms with Crippen LogP contribution in [-0.2, 0) is 20.1 Å². The molecule has 5 heteroatoms. The summed E-state index contributed by atoms with van der Waals surface area (Å²) < 4.78 is 15.8. The van der Waals surface area contributed by atoms with E-state index in [2.05, 4.69) is 23.8 Å². The molecule has 0 amide bonds. The van der Waals surface area contributed by atoms with Gasteiger partial charge in [0.05, 0.1) is 17.8 Å². The highest BCUT2D eigenvalue weighted by molar-refractivity contribution is 5.32. The zero-order valence-corrected chi connectivity index (χ0v) is 12.5. The van der Waals surface area contributed by atoms with Crippen molar-refractivity contribution >= 4 is 0 Å². The molecule has 0 N–H and O–H groups in total. The van der Waals surface area contributed by atoms with Gasteiger partial charge in [-0.15, -0.1) is 0 Å². The molecule has 2 aromatic rings. The molecule has 0 saturated heterocycles. The summed E-state index contributed by atoms with van der Waals surface area (Å²) in [5.41, 5.74) is 2.05. The van der Waals surface area contributed by atoms with Gasteiger partial charge >= 0.3 is 0 Å². The normalized spacial score (nSPS) is 11.1. The molecule has 0 saturated carbocycles. The highest BCUT2D eigenvalue weighted by atomic mass is 19.1. The second-order valence-electron chi connectivity index (χ2n) is 5.44. The summed E-state index contributed by atoms with van der Waals surface area (Å²) >= 11 is 0. The lowest BCUT2D eigenvalue weighted by Gasteiger charge is -2.26.